The van der Waals surface area contributed by atoms with Crippen LogP contribution in [0, 0.1) is 0 Å². The Kier molecular flexibility index (Phi) is 43.4. The topological polar surface area (TPSA) is 69.6 Å². The molecular weight excluding hydrogens is 663 g/mol. The van der Waals surface area contributed by atoms with Crippen molar-refractivity contribution in [3.05, 3.63) is 72.9 Å². The largest absolute Gasteiger partial charge is 0.394 e. The number of allylic oxidation sites excluding steroid dienone is 11. The molecule has 0 aromatic heterocycles. The fourth-order valence-corrected chi connectivity index (χ4v) is 6.68. The molecule has 0 aliphatic heterocycles. The van der Waals surface area contributed by atoms with E-state index in [1.165, 1.54) is 128 Å². The zero-order valence-electron chi connectivity index (χ0n) is 35.7. The molecule has 4 heteroatoms. The molecule has 0 aromatic rings. The highest BCUT2D eigenvalue weighted by atomic mass is 16.3. The van der Waals surface area contributed by atoms with E-state index in [1.54, 1.807) is 6.08 Å². The number of nitrogens with one attached hydrogen (secondary N) is 1. The Morgan fingerprint density at radius 2 is 0.815 bits per heavy atom. The molecule has 0 spiro atoms. The number of carbonyl (C=O) groups excluding carboxylic acids is 1. The van der Waals surface area contributed by atoms with Crippen molar-refractivity contribution >= 4 is 5.91 Å². The highest BCUT2D eigenvalue weighted by molar-refractivity contribution is 5.76. The number of rotatable bonds is 41. The van der Waals surface area contributed by atoms with E-state index in [1.807, 2.05) is 6.08 Å². The van der Waals surface area contributed by atoms with Crippen molar-refractivity contribution in [3.63, 3.8) is 0 Å². The first-order chi connectivity index (χ1) is 26.7. The molecule has 0 saturated carbocycles. The van der Waals surface area contributed by atoms with Gasteiger partial charge in [-0.25, -0.2) is 0 Å². The maximum atomic E-state index is 12.4. The summed E-state index contributed by atoms with van der Waals surface area (Å²) in [6.45, 7) is 4.19. The van der Waals surface area contributed by atoms with Crippen LogP contribution in [-0.4, -0.2) is 34.9 Å². The fourth-order valence-electron chi connectivity index (χ4n) is 6.68. The molecule has 54 heavy (non-hydrogen) atoms. The first-order valence-corrected chi connectivity index (χ1v) is 23.2. The average molecular weight is 752 g/mol. The van der Waals surface area contributed by atoms with Crippen LogP contribution in [0.15, 0.2) is 72.9 Å². The molecule has 2 unspecified atom stereocenters. The second kappa shape index (κ2) is 45.2. The van der Waals surface area contributed by atoms with Gasteiger partial charge in [-0.2, -0.15) is 0 Å². The Labute approximate surface area is 336 Å². The van der Waals surface area contributed by atoms with Gasteiger partial charge in [-0.3, -0.25) is 4.79 Å². The van der Waals surface area contributed by atoms with Gasteiger partial charge in [0.25, 0.3) is 0 Å². The minimum Gasteiger partial charge on any atom is -0.394 e. The summed E-state index contributed by atoms with van der Waals surface area (Å²) in [5.74, 6) is -0.0842. The highest BCUT2D eigenvalue weighted by Gasteiger charge is 2.17. The highest BCUT2D eigenvalue weighted by Crippen LogP contribution is 2.15. The quantitative estimate of drug-likeness (QED) is 0.0430. The molecule has 0 heterocycles. The normalized spacial score (nSPS) is 13.6. The standard InChI is InChI=1S/C50H89NO3/c1-3-5-7-9-11-13-15-17-19-21-23-25-27-29-31-33-35-37-39-41-43-45-49(53)48(47-52)51-50(54)46-44-42-40-38-36-34-32-30-28-26-24-22-20-18-16-14-12-10-8-6-4-2/h6,8,12,14,18,20,24,26,30,32,43,45,48-49,52-53H,3-5,7,9-11,13,15-17,19,21-23,25,27-29,31,33-42,44,46-47H2,1-2H3,(H,51,54)/b8-6-,14-12-,20-18-,26-24-,32-30-,45-43+. The SMILES string of the molecule is CC/C=C\C/C=C\C/C=C\C/C=C\C/C=C\CCCCCCCC(=O)NC(CO)C(O)/C=C/CCCCCCCCCCCCCCCCCCCCC. The van der Waals surface area contributed by atoms with E-state index in [-0.39, 0.29) is 12.5 Å². The molecule has 0 radical (unpaired) electrons. The molecule has 0 fully saturated rings. The molecule has 2 atom stereocenters. The molecule has 0 aliphatic carbocycles. The first-order valence-electron chi connectivity index (χ1n) is 23.2. The van der Waals surface area contributed by atoms with Crippen LogP contribution in [0.4, 0.5) is 0 Å². The summed E-state index contributed by atoms with van der Waals surface area (Å²) in [7, 11) is 0. The second-order valence-corrected chi connectivity index (χ2v) is 15.4. The number of hydrogen-bond acceptors (Lipinski definition) is 3. The van der Waals surface area contributed by atoms with Gasteiger partial charge in [-0.1, -0.05) is 222 Å². The van der Waals surface area contributed by atoms with Gasteiger partial charge < -0.3 is 15.5 Å². The van der Waals surface area contributed by atoms with Crippen molar-refractivity contribution in [2.75, 3.05) is 6.61 Å². The third-order valence-corrected chi connectivity index (χ3v) is 10.2. The summed E-state index contributed by atoms with van der Waals surface area (Å²) in [6.07, 6.45) is 64.4. The van der Waals surface area contributed by atoms with Crippen LogP contribution >= 0.6 is 0 Å². The van der Waals surface area contributed by atoms with Crippen LogP contribution in [-0.2, 0) is 4.79 Å². The zero-order valence-corrected chi connectivity index (χ0v) is 35.7. The predicted molar refractivity (Wildman–Crippen MR) is 239 cm³/mol. The van der Waals surface area contributed by atoms with Crippen LogP contribution in [0.25, 0.3) is 0 Å². The number of amides is 1. The third kappa shape index (κ3) is 41.0. The first kappa shape index (κ1) is 51.8. The Hall–Kier alpha value is -2.17. The van der Waals surface area contributed by atoms with Crippen LogP contribution < -0.4 is 5.32 Å². The summed E-state index contributed by atoms with van der Waals surface area (Å²) < 4.78 is 0. The molecule has 0 aliphatic rings. The maximum absolute atomic E-state index is 12.4. The maximum Gasteiger partial charge on any atom is 0.220 e. The molecular formula is C50H89NO3. The van der Waals surface area contributed by atoms with E-state index in [0.29, 0.717) is 6.42 Å². The molecule has 312 valence electrons. The third-order valence-electron chi connectivity index (χ3n) is 10.2. The number of aliphatic hydroxyl groups excluding tert-OH is 2. The summed E-state index contributed by atoms with van der Waals surface area (Å²) in [5, 5.41) is 23.1. The molecule has 4 nitrogen and oxygen atoms in total. The van der Waals surface area contributed by atoms with Gasteiger partial charge in [0, 0.05) is 6.42 Å². The Bertz CT molecular complexity index is 946. The lowest BCUT2D eigenvalue weighted by Gasteiger charge is -2.20. The van der Waals surface area contributed by atoms with E-state index in [4.69, 9.17) is 0 Å². The number of aliphatic hydroxyl groups is 2. The lowest BCUT2D eigenvalue weighted by molar-refractivity contribution is -0.123. The smallest absolute Gasteiger partial charge is 0.220 e. The molecule has 0 bridgehead atoms. The van der Waals surface area contributed by atoms with Gasteiger partial charge in [0.1, 0.15) is 0 Å². The van der Waals surface area contributed by atoms with Gasteiger partial charge in [0.2, 0.25) is 5.91 Å². The van der Waals surface area contributed by atoms with Crippen LogP contribution in [0.1, 0.15) is 219 Å². The van der Waals surface area contributed by atoms with E-state index in [0.717, 1.165) is 70.6 Å². The molecule has 0 aromatic carbocycles. The Morgan fingerprint density at radius 3 is 1.22 bits per heavy atom. The van der Waals surface area contributed by atoms with Crippen LogP contribution in [0.3, 0.4) is 0 Å². The van der Waals surface area contributed by atoms with Gasteiger partial charge in [0.05, 0.1) is 18.8 Å². The van der Waals surface area contributed by atoms with Crippen molar-refractivity contribution in [2.45, 2.75) is 231 Å². The van der Waals surface area contributed by atoms with Gasteiger partial charge in [-0.05, 0) is 64.2 Å². The molecule has 0 saturated heterocycles. The monoisotopic (exact) mass is 752 g/mol. The van der Waals surface area contributed by atoms with E-state index >= 15 is 0 Å². The summed E-state index contributed by atoms with van der Waals surface area (Å²) >= 11 is 0. The lowest BCUT2D eigenvalue weighted by Crippen LogP contribution is -2.45. The van der Waals surface area contributed by atoms with Crippen LogP contribution in [0.2, 0.25) is 0 Å². The number of hydrogen-bond donors (Lipinski definition) is 3. The van der Waals surface area contributed by atoms with Crippen molar-refractivity contribution < 1.29 is 15.0 Å². The number of unbranched alkanes of at least 4 members (excludes halogenated alkanes) is 24. The van der Waals surface area contributed by atoms with Crippen molar-refractivity contribution in [3.8, 4) is 0 Å². The zero-order chi connectivity index (χ0) is 39.3. The summed E-state index contributed by atoms with van der Waals surface area (Å²) in [4.78, 5) is 12.4. The van der Waals surface area contributed by atoms with Crippen molar-refractivity contribution in [1.82, 2.24) is 5.32 Å². The molecule has 1 amide bonds. The fraction of sp³-hybridized carbons (Fsp3) is 0.740. The summed E-state index contributed by atoms with van der Waals surface area (Å²) in [6, 6.07) is -0.637. The molecule has 0 rings (SSSR count). The second-order valence-electron chi connectivity index (χ2n) is 15.4. The van der Waals surface area contributed by atoms with E-state index in [2.05, 4.69) is 79.9 Å². The van der Waals surface area contributed by atoms with Crippen molar-refractivity contribution in [2.24, 2.45) is 0 Å². The minimum atomic E-state index is -0.852. The Morgan fingerprint density at radius 1 is 0.463 bits per heavy atom. The minimum absolute atomic E-state index is 0.0842. The van der Waals surface area contributed by atoms with Gasteiger partial charge in [0.15, 0.2) is 0 Å². The molecule has 3 N–H and O–H groups in total. The predicted octanol–water partition coefficient (Wildman–Crippen LogP) is 14.7. The average Bonchev–Trinajstić information content (AvgIpc) is 3.18. The van der Waals surface area contributed by atoms with E-state index < -0.39 is 12.1 Å². The van der Waals surface area contributed by atoms with E-state index in [9.17, 15) is 15.0 Å². The van der Waals surface area contributed by atoms with Gasteiger partial charge >= 0.3 is 0 Å². The van der Waals surface area contributed by atoms with Gasteiger partial charge in [-0.15, -0.1) is 0 Å². The number of carbonyl (C=O) groups is 1. The lowest BCUT2D eigenvalue weighted by atomic mass is 10.0. The van der Waals surface area contributed by atoms with Crippen molar-refractivity contribution in [1.29, 1.82) is 0 Å². The Balaban J connectivity index is 3.63. The summed E-state index contributed by atoms with van der Waals surface area (Å²) in [5.41, 5.74) is 0. The van der Waals surface area contributed by atoms with Crippen LogP contribution in [0.5, 0.6) is 0 Å².